The summed E-state index contributed by atoms with van der Waals surface area (Å²) < 4.78 is 0. The average Bonchev–Trinajstić information content (AvgIpc) is 3.23. The van der Waals surface area contributed by atoms with Gasteiger partial charge < -0.3 is 15.1 Å². The van der Waals surface area contributed by atoms with Crippen LogP contribution in [0.25, 0.3) is 0 Å². The van der Waals surface area contributed by atoms with Crippen LogP contribution in [0.2, 0.25) is 0 Å². The molecule has 0 bridgehead atoms. The topological polar surface area (TPSA) is 65.5 Å². The van der Waals surface area contributed by atoms with Gasteiger partial charge in [0.05, 0.1) is 10.8 Å². The molecule has 0 aliphatic carbocycles. The highest BCUT2D eigenvalue weighted by Crippen LogP contribution is 2.28. The first-order valence-electron chi connectivity index (χ1n) is 9.94. The number of hydrogen-bond acceptors (Lipinski definition) is 5. The lowest BCUT2D eigenvalue weighted by Gasteiger charge is -2.32. The van der Waals surface area contributed by atoms with Crippen molar-refractivity contribution in [2.45, 2.75) is 42.9 Å². The van der Waals surface area contributed by atoms with Gasteiger partial charge in [-0.3, -0.25) is 9.59 Å². The number of thioether (sulfide) groups is 1. The number of likely N-dealkylation sites (tertiary alicyclic amines) is 2. The van der Waals surface area contributed by atoms with Gasteiger partial charge in [-0.05, 0) is 64.3 Å². The Morgan fingerprint density at radius 3 is 2.45 bits per heavy atom. The fourth-order valence-corrected chi connectivity index (χ4v) is 4.85. The Kier molecular flexibility index (Phi) is 11.3. The van der Waals surface area contributed by atoms with Crippen molar-refractivity contribution in [3.05, 3.63) is 23.9 Å². The smallest absolute Gasteiger partial charge is 0.256 e. The predicted molar refractivity (Wildman–Crippen MR) is 122 cm³/mol. The zero-order valence-corrected chi connectivity index (χ0v) is 19.6. The van der Waals surface area contributed by atoms with Gasteiger partial charge in [-0.15, -0.1) is 24.8 Å². The highest BCUT2D eigenvalue weighted by atomic mass is 35.5. The predicted octanol–water partition coefficient (Wildman–Crippen LogP) is 3.10. The molecule has 9 heteroatoms. The number of aromatic nitrogens is 1. The average molecular weight is 463 g/mol. The summed E-state index contributed by atoms with van der Waals surface area (Å²) in [7, 11) is 1.97. The van der Waals surface area contributed by atoms with E-state index in [1.807, 2.05) is 29.8 Å². The van der Waals surface area contributed by atoms with Gasteiger partial charge in [0.2, 0.25) is 5.91 Å². The first-order chi connectivity index (χ1) is 13.1. The molecule has 3 heterocycles. The Bertz CT molecular complexity index is 666. The van der Waals surface area contributed by atoms with Crippen molar-refractivity contribution >= 4 is 48.4 Å². The molecule has 6 nitrogen and oxygen atoms in total. The van der Waals surface area contributed by atoms with Crippen LogP contribution in [0, 0.1) is 5.92 Å². The number of pyridine rings is 1. The number of carbonyl (C=O) groups excluding carboxylic acids is 2. The lowest BCUT2D eigenvalue weighted by atomic mass is 9.96. The number of nitrogens with one attached hydrogen (secondary N) is 1. The Morgan fingerprint density at radius 2 is 1.83 bits per heavy atom. The number of amides is 2. The van der Waals surface area contributed by atoms with Gasteiger partial charge in [-0.1, -0.05) is 11.8 Å². The Labute approximate surface area is 190 Å². The SMILES string of the molecule is CNCC1CCN(C(=O)c2cccnc2SC(C)C(=O)N2CCCC2)CC1.Cl.Cl. The molecule has 0 saturated carbocycles. The molecule has 29 heavy (non-hydrogen) atoms. The standard InChI is InChI=1S/C20H30N4O2S.2ClH/c1-15(19(25)23-10-3-4-11-23)27-18-17(6-5-9-22-18)20(26)24-12-7-16(8-13-24)14-21-2;;/h5-6,9,15-16,21H,3-4,7-8,10-14H2,1-2H3;2*1H. The maximum Gasteiger partial charge on any atom is 0.256 e. The summed E-state index contributed by atoms with van der Waals surface area (Å²) in [5, 5.41) is 3.66. The highest BCUT2D eigenvalue weighted by molar-refractivity contribution is 8.00. The third-order valence-corrected chi connectivity index (χ3v) is 6.55. The summed E-state index contributed by atoms with van der Waals surface area (Å²) in [6.07, 6.45) is 5.92. The summed E-state index contributed by atoms with van der Waals surface area (Å²) >= 11 is 1.41. The summed E-state index contributed by atoms with van der Waals surface area (Å²) in [6.45, 7) is 6.18. The normalized spacial score (nSPS) is 18.0. The molecule has 1 atom stereocenters. The van der Waals surface area contributed by atoms with Gasteiger partial charge in [-0.25, -0.2) is 4.98 Å². The number of carbonyl (C=O) groups is 2. The van der Waals surface area contributed by atoms with E-state index in [1.165, 1.54) is 11.8 Å². The fraction of sp³-hybridized carbons (Fsp3) is 0.650. The van der Waals surface area contributed by atoms with Crippen LogP contribution in [0.3, 0.4) is 0 Å². The molecule has 1 N–H and O–H groups in total. The number of piperidine rings is 1. The van der Waals surface area contributed by atoms with Crippen molar-refractivity contribution in [1.82, 2.24) is 20.1 Å². The minimum Gasteiger partial charge on any atom is -0.342 e. The largest absolute Gasteiger partial charge is 0.342 e. The van der Waals surface area contributed by atoms with E-state index < -0.39 is 0 Å². The van der Waals surface area contributed by atoms with Crippen LogP contribution < -0.4 is 5.32 Å². The van der Waals surface area contributed by atoms with Crippen LogP contribution in [0.15, 0.2) is 23.4 Å². The molecular weight excluding hydrogens is 431 g/mol. The van der Waals surface area contributed by atoms with Crippen LogP contribution in [0.4, 0.5) is 0 Å². The van der Waals surface area contributed by atoms with Gasteiger partial charge in [0, 0.05) is 32.4 Å². The molecule has 2 fully saturated rings. The second-order valence-electron chi connectivity index (χ2n) is 7.44. The van der Waals surface area contributed by atoms with Crippen LogP contribution in [0.1, 0.15) is 43.0 Å². The van der Waals surface area contributed by atoms with E-state index in [0.29, 0.717) is 16.5 Å². The Balaban J connectivity index is 0.00000210. The minimum absolute atomic E-state index is 0. The van der Waals surface area contributed by atoms with Gasteiger partial charge in [-0.2, -0.15) is 0 Å². The molecule has 0 aromatic carbocycles. The lowest BCUT2D eigenvalue weighted by molar-refractivity contribution is -0.129. The first kappa shape index (κ1) is 26.0. The van der Waals surface area contributed by atoms with Crippen molar-refractivity contribution < 1.29 is 9.59 Å². The van der Waals surface area contributed by atoms with E-state index in [2.05, 4.69) is 10.3 Å². The second-order valence-corrected chi connectivity index (χ2v) is 8.77. The summed E-state index contributed by atoms with van der Waals surface area (Å²) in [5.41, 5.74) is 0.621. The molecule has 2 saturated heterocycles. The highest BCUT2D eigenvalue weighted by Gasteiger charge is 2.28. The number of nitrogens with zero attached hydrogens (tertiary/aromatic N) is 3. The van der Waals surface area contributed by atoms with E-state index >= 15 is 0 Å². The van der Waals surface area contributed by atoms with Crippen molar-refractivity contribution in [3.63, 3.8) is 0 Å². The molecule has 1 unspecified atom stereocenters. The molecule has 2 amide bonds. The fourth-order valence-electron chi connectivity index (χ4n) is 3.86. The molecule has 0 radical (unpaired) electrons. The van der Waals surface area contributed by atoms with Crippen molar-refractivity contribution in [1.29, 1.82) is 0 Å². The molecule has 2 aliphatic heterocycles. The zero-order valence-electron chi connectivity index (χ0n) is 17.1. The van der Waals surface area contributed by atoms with E-state index in [-0.39, 0.29) is 41.9 Å². The van der Waals surface area contributed by atoms with E-state index in [4.69, 9.17) is 0 Å². The number of rotatable bonds is 6. The maximum atomic E-state index is 13.1. The molecule has 0 spiro atoms. The van der Waals surface area contributed by atoms with Crippen LogP contribution in [-0.4, -0.2) is 71.6 Å². The van der Waals surface area contributed by atoms with Gasteiger partial charge in [0.15, 0.2) is 0 Å². The summed E-state index contributed by atoms with van der Waals surface area (Å²) in [4.78, 5) is 33.9. The summed E-state index contributed by atoms with van der Waals surface area (Å²) in [6, 6.07) is 3.64. The van der Waals surface area contributed by atoms with Gasteiger partial charge in [0.25, 0.3) is 5.91 Å². The molecular formula is C20H32Cl2N4O2S. The minimum atomic E-state index is -0.231. The van der Waals surface area contributed by atoms with Gasteiger partial charge >= 0.3 is 0 Å². The van der Waals surface area contributed by atoms with E-state index in [0.717, 1.165) is 58.4 Å². The second kappa shape index (κ2) is 12.6. The molecule has 1 aromatic heterocycles. The quantitative estimate of drug-likeness (QED) is 0.657. The van der Waals surface area contributed by atoms with E-state index in [9.17, 15) is 9.59 Å². The summed E-state index contributed by atoms with van der Waals surface area (Å²) in [5.74, 6) is 0.823. The zero-order chi connectivity index (χ0) is 19.2. The van der Waals surface area contributed by atoms with Crippen LogP contribution in [0.5, 0.6) is 0 Å². The third-order valence-electron chi connectivity index (χ3n) is 5.45. The first-order valence-corrected chi connectivity index (χ1v) is 10.8. The van der Waals surface area contributed by atoms with Crippen molar-refractivity contribution in [3.8, 4) is 0 Å². The van der Waals surface area contributed by atoms with Crippen molar-refractivity contribution in [2.24, 2.45) is 5.92 Å². The monoisotopic (exact) mass is 462 g/mol. The lowest BCUT2D eigenvalue weighted by Crippen LogP contribution is -2.40. The van der Waals surface area contributed by atoms with Crippen molar-refractivity contribution in [2.75, 3.05) is 39.8 Å². The maximum absolute atomic E-state index is 13.1. The van der Waals surface area contributed by atoms with Gasteiger partial charge in [0.1, 0.15) is 5.03 Å². The Hall–Kier alpha value is -1.02. The molecule has 164 valence electrons. The Morgan fingerprint density at radius 1 is 1.17 bits per heavy atom. The van der Waals surface area contributed by atoms with E-state index in [1.54, 1.807) is 12.3 Å². The van der Waals surface area contributed by atoms with Crippen LogP contribution in [-0.2, 0) is 4.79 Å². The third kappa shape index (κ3) is 6.74. The molecule has 1 aromatic rings. The molecule has 2 aliphatic rings. The number of halogens is 2. The number of hydrogen-bond donors (Lipinski definition) is 1. The molecule has 3 rings (SSSR count). The van der Waals surface area contributed by atoms with Crippen LogP contribution >= 0.6 is 36.6 Å².